The van der Waals surface area contributed by atoms with E-state index in [1.54, 1.807) is 0 Å². The van der Waals surface area contributed by atoms with Gasteiger partial charge in [-0.3, -0.25) is 4.79 Å². The van der Waals surface area contributed by atoms with Crippen LogP contribution in [0.4, 0.5) is 0 Å². The van der Waals surface area contributed by atoms with Crippen molar-refractivity contribution in [1.82, 2.24) is 5.32 Å². The number of rotatable bonds is 5. The highest BCUT2D eigenvalue weighted by Crippen LogP contribution is 2.49. The van der Waals surface area contributed by atoms with Crippen molar-refractivity contribution in [3.8, 4) is 0 Å². The monoisotopic (exact) mass is 286 g/mol. The molecule has 1 aromatic rings. The van der Waals surface area contributed by atoms with Crippen LogP contribution in [0.2, 0.25) is 0 Å². The van der Waals surface area contributed by atoms with Gasteiger partial charge in [-0.2, -0.15) is 0 Å². The summed E-state index contributed by atoms with van der Waals surface area (Å²) >= 11 is 0. The highest BCUT2D eigenvalue weighted by atomic mass is 16.1. The molecule has 0 heterocycles. The number of nitrogens with two attached hydrogens (primary N) is 1. The van der Waals surface area contributed by atoms with Crippen molar-refractivity contribution >= 4 is 5.91 Å². The minimum atomic E-state index is -0.210. The first-order valence-corrected chi connectivity index (χ1v) is 8.23. The van der Waals surface area contributed by atoms with Gasteiger partial charge in [0.05, 0.1) is 0 Å². The van der Waals surface area contributed by atoms with E-state index < -0.39 is 0 Å². The van der Waals surface area contributed by atoms with Crippen LogP contribution in [0, 0.1) is 17.8 Å². The van der Waals surface area contributed by atoms with Crippen LogP contribution in [-0.2, 0) is 4.79 Å². The Kier molecular flexibility index (Phi) is 4.29. The maximum absolute atomic E-state index is 12.2. The molecule has 3 N–H and O–H groups in total. The first-order valence-electron chi connectivity index (χ1n) is 8.23. The molecule has 2 aliphatic carbocycles. The van der Waals surface area contributed by atoms with Gasteiger partial charge in [-0.05, 0) is 49.5 Å². The standard InChI is InChI=1S/C18H26N2O/c1-12(16-10-13-7-8-15(16)9-13)20-18(21)11-17(19)14-5-3-2-4-6-14/h2-6,12-13,15-17H,7-11,19H2,1H3,(H,20,21). The molecule has 0 saturated heterocycles. The second-order valence-corrected chi connectivity index (χ2v) is 6.92. The summed E-state index contributed by atoms with van der Waals surface area (Å²) in [4.78, 5) is 12.2. The molecule has 2 saturated carbocycles. The van der Waals surface area contributed by atoms with E-state index in [1.165, 1.54) is 25.7 Å². The Morgan fingerprint density at radius 1 is 1.29 bits per heavy atom. The van der Waals surface area contributed by atoms with Gasteiger partial charge in [0.25, 0.3) is 0 Å². The van der Waals surface area contributed by atoms with Crippen LogP contribution >= 0.6 is 0 Å². The molecule has 0 aliphatic heterocycles. The van der Waals surface area contributed by atoms with Crippen LogP contribution in [0.15, 0.2) is 30.3 Å². The van der Waals surface area contributed by atoms with Crippen molar-refractivity contribution in [3.63, 3.8) is 0 Å². The lowest BCUT2D eigenvalue weighted by atomic mass is 9.84. The molecule has 2 bridgehead atoms. The van der Waals surface area contributed by atoms with Gasteiger partial charge in [-0.15, -0.1) is 0 Å². The molecule has 5 unspecified atom stereocenters. The zero-order valence-corrected chi connectivity index (χ0v) is 12.8. The zero-order chi connectivity index (χ0) is 14.8. The summed E-state index contributed by atoms with van der Waals surface area (Å²) in [6, 6.07) is 9.94. The topological polar surface area (TPSA) is 55.1 Å². The summed E-state index contributed by atoms with van der Waals surface area (Å²) in [6.07, 6.45) is 5.82. The maximum Gasteiger partial charge on any atom is 0.222 e. The fraction of sp³-hybridized carbons (Fsp3) is 0.611. The molecule has 5 atom stereocenters. The van der Waals surface area contributed by atoms with Crippen LogP contribution in [-0.4, -0.2) is 11.9 Å². The second kappa shape index (κ2) is 6.18. The fourth-order valence-corrected chi connectivity index (χ4v) is 4.34. The molecule has 21 heavy (non-hydrogen) atoms. The Labute approximate surface area is 127 Å². The van der Waals surface area contributed by atoms with Gasteiger partial charge in [-0.25, -0.2) is 0 Å². The molecule has 0 spiro atoms. The minimum absolute atomic E-state index is 0.0848. The van der Waals surface area contributed by atoms with Crippen molar-refractivity contribution in [3.05, 3.63) is 35.9 Å². The van der Waals surface area contributed by atoms with Gasteiger partial charge in [0.2, 0.25) is 5.91 Å². The Balaban J connectivity index is 1.50. The fourth-order valence-electron chi connectivity index (χ4n) is 4.34. The molecule has 3 heteroatoms. The van der Waals surface area contributed by atoms with E-state index in [-0.39, 0.29) is 18.0 Å². The third-order valence-electron chi connectivity index (χ3n) is 5.46. The van der Waals surface area contributed by atoms with E-state index in [0.29, 0.717) is 12.3 Å². The largest absolute Gasteiger partial charge is 0.353 e. The number of nitrogens with one attached hydrogen (secondary N) is 1. The van der Waals surface area contributed by atoms with Crippen LogP contribution in [0.25, 0.3) is 0 Å². The molecule has 114 valence electrons. The van der Waals surface area contributed by atoms with Crippen LogP contribution in [0.3, 0.4) is 0 Å². The SMILES string of the molecule is CC(NC(=O)CC(N)c1ccccc1)C1CC2CCC1C2. The summed E-state index contributed by atoms with van der Waals surface area (Å²) < 4.78 is 0. The number of fused-ring (bicyclic) bond motifs is 2. The van der Waals surface area contributed by atoms with Crippen molar-refractivity contribution < 1.29 is 4.79 Å². The number of carbonyl (C=O) groups is 1. The molecule has 0 radical (unpaired) electrons. The molecule has 3 nitrogen and oxygen atoms in total. The van der Waals surface area contributed by atoms with E-state index >= 15 is 0 Å². The third-order valence-corrected chi connectivity index (χ3v) is 5.46. The van der Waals surface area contributed by atoms with Gasteiger partial charge >= 0.3 is 0 Å². The molecule has 2 fully saturated rings. The summed E-state index contributed by atoms with van der Waals surface area (Å²) in [6.45, 7) is 2.16. The number of hydrogen-bond acceptors (Lipinski definition) is 2. The summed E-state index contributed by atoms with van der Waals surface area (Å²) in [5.41, 5.74) is 7.15. The zero-order valence-electron chi connectivity index (χ0n) is 12.8. The Bertz CT molecular complexity index is 487. The van der Waals surface area contributed by atoms with E-state index in [1.807, 2.05) is 30.3 Å². The van der Waals surface area contributed by atoms with Gasteiger partial charge in [-0.1, -0.05) is 36.8 Å². The van der Waals surface area contributed by atoms with Gasteiger partial charge in [0.15, 0.2) is 0 Å². The first-order chi connectivity index (χ1) is 10.1. The average Bonchev–Trinajstić information content (AvgIpc) is 3.10. The predicted molar refractivity (Wildman–Crippen MR) is 84.5 cm³/mol. The second-order valence-electron chi connectivity index (χ2n) is 6.92. The third kappa shape index (κ3) is 3.29. The Morgan fingerprint density at radius 3 is 2.67 bits per heavy atom. The van der Waals surface area contributed by atoms with E-state index in [4.69, 9.17) is 5.73 Å². The number of carbonyl (C=O) groups excluding carboxylic acids is 1. The molecule has 1 amide bonds. The average molecular weight is 286 g/mol. The number of benzene rings is 1. The van der Waals surface area contributed by atoms with Crippen molar-refractivity contribution in [2.75, 3.05) is 0 Å². The predicted octanol–water partition coefficient (Wildman–Crippen LogP) is 3.02. The summed E-state index contributed by atoms with van der Waals surface area (Å²) in [7, 11) is 0. The normalized spacial score (nSPS) is 30.1. The van der Waals surface area contributed by atoms with Gasteiger partial charge in [0.1, 0.15) is 0 Å². The van der Waals surface area contributed by atoms with Crippen molar-refractivity contribution in [2.24, 2.45) is 23.5 Å². The molecular formula is C18H26N2O. The van der Waals surface area contributed by atoms with Crippen LogP contribution in [0.5, 0.6) is 0 Å². The Hall–Kier alpha value is -1.35. The van der Waals surface area contributed by atoms with E-state index in [0.717, 1.165) is 17.4 Å². The quantitative estimate of drug-likeness (QED) is 0.874. The highest BCUT2D eigenvalue weighted by molar-refractivity contribution is 5.77. The summed E-state index contributed by atoms with van der Waals surface area (Å²) in [5.74, 6) is 2.53. The van der Waals surface area contributed by atoms with Gasteiger partial charge in [0, 0.05) is 18.5 Å². The lowest BCUT2D eigenvalue weighted by Crippen LogP contribution is -2.41. The minimum Gasteiger partial charge on any atom is -0.353 e. The van der Waals surface area contributed by atoms with Crippen molar-refractivity contribution in [1.29, 1.82) is 0 Å². The summed E-state index contributed by atoms with van der Waals surface area (Å²) in [5, 5.41) is 3.19. The highest BCUT2D eigenvalue weighted by Gasteiger charge is 2.42. The molecule has 1 aromatic carbocycles. The van der Waals surface area contributed by atoms with E-state index in [2.05, 4.69) is 12.2 Å². The van der Waals surface area contributed by atoms with Crippen molar-refractivity contribution in [2.45, 2.75) is 51.1 Å². The maximum atomic E-state index is 12.2. The Morgan fingerprint density at radius 2 is 2.05 bits per heavy atom. The molecule has 2 aliphatic rings. The lowest BCUT2D eigenvalue weighted by Gasteiger charge is -2.28. The smallest absolute Gasteiger partial charge is 0.222 e. The molecular weight excluding hydrogens is 260 g/mol. The van der Waals surface area contributed by atoms with Crippen LogP contribution in [0.1, 0.15) is 50.6 Å². The van der Waals surface area contributed by atoms with E-state index in [9.17, 15) is 4.79 Å². The van der Waals surface area contributed by atoms with Gasteiger partial charge < -0.3 is 11.1 Å². The molecule has 3 rings (SSSR count). The lowest BCUT2D eigenvalue weighted by molar-refractivity contribution is -0.122. The number of amides is 1. The van der Waals surface area contributed by atoms with Crippen LogP contribution < -0.4 is 11.1 Å². The molecule has 0 aromatic heterocycles. The first kappa shape index (κ1) is 14.6. The number of hydrogen-bond donors (Lipinski definition) is 2.